The van der Waals surface area contributed by atoms with E-state index < -0.39 is 78.9 Å². The molecule has 0 radical (unpaired) electrons. The molecule has 0 saturated carbocycles. The summed E-state index contributed by atoms with van der Waals surface area (Å²) in [4.78, 5) is 58.0. The van der Waals surface area contributed by atoms with Gasteiger partial charge in [-0.15, -0.1) is 12.4 Å². The number of anilines is 2. The number of amides is 3. The normalized spacial score (nSPS) is 21.7. The molecule has 2 unspecified atom stereocenters. The average Bonchev–Trinajstić information content (AvgIpc) is 3.47. The van der Waals surface area contributed by atoms with Crippen LogP contribution in [0.4, 0.5) is 11.4 Å². The van der Waals surface area contributed by atoms with Crippen molar-refractivity contribution in [3.63, 3.8) is 0 Å². The Kier molecular flexibility index (Phi) is 21.4. The number of aliphatic imine (C=N–C) groups is 2. The van der Waals surface area contributed by atoms with E-state index in [-0.39, 0.29) is 29.1 Å². The third kappa shape index (κ3) is 16.3. The van der Waals surface area contributed by atoms with Crippen molar-refractivity contribution >= 4 is 58.9 Å². The van der Waals surface area contributed by atoms with Crippen LogP contribution in [0.3, 0.4) is 0 Å². The van der Waals surface area contributed by atoms with Gasteiger partial charge in [-0.3, -0.25) is 19.4 Å². The molecule has 10 atom stereocenters. The van der Waals surface area contributed by atoms with Crippen molar-refractivity contribution in [2.24, 2.45) is 26.5 Å². The van der Waals surface area contributed by atoms with Gasteiger partial charge in [0.15, 0.2) is 24.5 Å². The first-order valence-corrected chi connectivity index (χ1v) is 23.2. The summed E-state index contributed by atoms with van der Waals surface area (Å²) in [5, 5.41) is 58.9. The number of carbonyl (C=O) groups excluding carboxylic acids is 4. The minimum Gasteiger partial charge on any atom is -0.454 e. The molecule has 10 N–H and O–H groups in total. The van der Waals surface area contributed by atoms with Crippen molar-refractivity contribution in [1.29, 1.82) is 0 Å². The number of fused-ring (bicyclic) bond motifs is 2. The molecule has 4 aromatic rings. The van der Waals surface area contributed by atoms with E-state index in [1.54, 1.807) is 24.3 Å². The van der Waals surface area contributed by atoms with Crippen molar-refractivity contribution in [2.75, 3.05) is 24.9 Å². The highest BCUT2D eigenvalue weighted by Crippen LogP contribution is 2.27. The first kappa shape index (κ1) is 59.1. The second kappa shape index (κ2) is 26.5. The third-order valence-corrected chi connectivity index (χ3v) is 11.1. The van der Waals surface area contributed by atoms with Gasteiger partial charge in [-0.1, -0.05) is 163 Å². The van der Waals surface area contributed by atoms with E-state index in [9.17, 15) is 44.7 Å². The lowest BCUT2D eigenvalue weighted by Crippen LogP contribution is -2.54. The highest BCUT2D eigenvalue weighted by Gasteiger charge is 2.47. The molecule has 392 valence electrons. The van der Waals surface area contributed by atoms with E-state index in [4.69, 9.17) is 19.9 Å². The van der Waals surface area contributed by atoms with E-state index in [1.807, 2.05) is 139 Å². The second-order valence-corrected chi connectivity index (χ2v) is 19.2. The molecule has 1 fully saturated rings. The number of rotatable bonds is 12. The number of carbonyl (C=O) groups is 4. The smallest absolute Gasteiger partial charge is 0.338 e. The largest absolute Gasteiger partial charge is 0.454 e. The van der Waals surface area contributed by atoms with Crippen LogP contribution in [0.2, 0.25) is 0 Å². The summed E-state index contributed by atoms with van der Waals surface area (Å²) in [6.07, 6.45) is -6.53. The number of halogens is 1. The fraction of sp³-hybridized carbons (Fsp3) is 0.370. The van der Waals surface area contributed by atoms with Crippen molar-refractivity contribution in [2.45, 2.75) is 103 Å². The summed E-state index contributed by atoms with van der Waals surface area (Å²) in [5.74, 6) is -2.40. The Labute approximate surface area is 431 Å². The van der Waals surface area contributed by atoms with Crippen LogP contribution in [0, 0.1) is 10.8 Å². The third-order valence-electron chi connectivity index (χ3n) is 11.1. The number of allylic oxidation sites excluding steroid dienone is 2. The number of hydrogen-bond donors (Lipinski definition) is 9. The Morgan fingerprint density at radius 3 is 1.64 bits per heavy atom. The maximum Gasteiger partial charge on any atom is 0.338 e. The number of cyclic esters (lactones) is 1. The molecular formula is C54H67ClN6O12. The SMILES string of the molecule is CO[C@@H](C(=O)NC1N=C(c2ccccc2)c2ccccc2NC1=O)[C@H](O)[C@@H](O)[C@H](O)/C=C/C(C)(C)C.CO[C@H]1C(=O)O[C@@H]([C@H](O)/C=C/C(C)(C)C)[C@H]1O.Cl.NC1N=C(c2ccccc2)c2ccccc2NC1=O. The van der Waals surface area contributed by atoms with Gasteiger partial charge in [0.25, 0.3) is 17.7 Å². The molecule has 18 nitrogen and oxygen atoms in total. The van der Waals surface area contributed by atoms with Gasteiger partial charge in [-0.05, 0) is 23.0 Å². The van der Waals surface area contributed by atoms with E-state index in [0.29, 0.717) is 17.0 Å². The summed E-state index contributed by atoms with van der Waals surface area (Å²) >= 11 is 0. The van der Waals surface area contributed by atoms with Crippen LogP contribution < -0.4 is 21.7 Å². The van der Waals surface area contributed by atoms with Gasteiger partial charge in [-0.25, -0.2) is 9.79 Å². The van der Waals surface area contributed by atoms with E-state index in [2.05, 4.69) is 25.9 Å². The second-order valence-electron chi connectivity index (χ2n) is 19.2. The van der Waals surface area contributed by atoms with Gasteiger partial charge in [0, 0.05) is 36.5 Å². The van der Waals surface area contributed by atoms with Crippen molar-refractivity contribution in [1.82, 2.24) is 5.32 Å². The highest BCUT2D eigenvalue weighted by molar-refractivity contribution is 6.20. The molecule has 0 spiro atoms. The lowest BCUT2D eigenvalue weighted by atomic mass is 9.94. The topological polar surface area (TPSA) is 284 Å². The Morgan fingerprint density at radius 1 is 0.699 bits per heavy atom. The van der Waals surface area contributed by atoms with Crippen molar-refractivity contribution in [3.05, 3.63) is 156 Å². The number of hydrogen-bond acceptors (Lipinski definition) is 15. The van der Waals surface area contributed by atoms with Crippen LogP contribution in [-0.2, 0) is 33.4 Å². The number of benzene rings is 4. The fourth-order valence-corrected chi connectivity index (χ4v) is 7.37. The maximum atomic E-state index is 13.0. The van der Waals surface area contributed by atoms with E-state index >= 15 is 0 Å². The van der Waals surface area contributed by atoms with Gasteiger partial charge < -0.3 is 61.4 Å². The lowest BCUT2D eigenvalue weighted by molar-refractivity contribution is -0.151. The molecule has 0 aliphatic carbocycles. The Balaban J connectivity index is 0.000000261. The zero-order valence-corrected chi connectivity index (χ0v) is 42.8. The Hall–Kier alpha value is -6.45. The first-order valence-electron chi connectivity index (χ1n) is 23.2. The molecule has 19 heteroatoms. The van der Waals surface area contributed by atoms with Crippen LogP contribution in [0.15, 0.2) is 143 Å². The molecule has 1 saturated heterocycles. The summed E-state index contributed by atoms with van der Waals surface area (Å²) in [6, 6.07) is 33.7. The minimum absolute atomic E-state index is 0. The zero-order chi connectivity index (χ0) is 52.9. The number of para-hydroxylation sites is 2. The number of benzodiazepines with no additional fused rings is 2. The fourth-order valence-electron chi connectivity index (χ4n) is 7.37. The van der Waals surface area contributed by atoms with Crippen LogP contribution in [0.5, 0.6) is 0 Å². The van der Waals surface area contributed by atoms with Gasteiger partial charge >= 0.3 is 5.97 Å². The Bertz CT molecular complexity index is 2620. The summed E-state index contributed by atoms with van der Waals surface area (Å²) in [5.41, 5.74) is 11.2. The van der Waals surface area contributed by atoms with E-state index in [0.717, 1.165) is 28.1 Å². The summed E-state index contributed by atoms with van der Waals surface area (Å²) in [6.45, 7) is 11.7. The molecule has 3 aliphatic heterocycles. The summed E-state index contributed by atoms with van der Waals surface area (Å²) < 4.78 is 14.8. The molecule has 4 aromatic carbocycles. The molecular weight excluding hydrogens is 960 g/mol. The number of aliphatic hydroxyl groups is 5. The van der Waals surface area contributed by atoms with Crippen LogP contribution in [0.25, 0.3) is 0 Å². The maximum absolute atomic E-state index is 13.0. The monoisotopic (exact) mass is 1030 g/mol. The number of aliphatic hydroxyl groups excluding tert-OH is 5. The number of nitrogens with zero attached hydrogens (tertiary/aromatic N) is 2. The van der Waals surface area contributed by atoms with Crippen molar-refractivity contribution in [3.8, 4) is 0 Å². The minimum atomic E-state index is -1.78. The molecule has 3 aliphatic rings. The zero-order valence-electron chi connectivity index (χ0n) is 41.9. The molecule has 0 aromatic heterocycles. The summed E-state index contributed by atoms with van der Waals surface area (Å²) in [7, 11) is 2.49. The number of nitrogens with one attached hydrogen (secondary N) is 3. The van der Waals surface area contributed by atoms with Gasteiger partial charge in [0.2, 0.25) is 6.17 Å². The Morgan fingerprint density at radius 2 is 1.16 bits per heavy atom. The number of methoxy groups -OCH3 is 2. The predicted octanol–water partition coefficient (Wildman–Crippen LogP) is 4.05. The molecule has 73 heavy (non-hydrogen) atoms. The standard InChI is InChI=1S/C27H33N3O6.C15H13N3O.C12H20O5.ClH/c1-27(2,3)15-14-19(31)21(32)22(33)23(36-4)25(34)30-24-26(35)28-18-13-9-8-12-17(18)20(29-24)16-10-6-5-7-11-16;16-14-15(19)17-12-9-5-4-8-11(12)13(18-14)10-6-2-1-3-7-10;1-12(2,3)6-5-7(13)9-8(14)10(16-4)11(15)17-9;/h5-15,19,21-24,31-33H,1-4H3,(H,28,35)(H,30,34);1-9,14H,16H2,(H,17,19);5-10,13-14H,1-4H3;1H/b15-14+;;6-5+;/t19-,21+,22-,23-,24?;;7-,8-,9+,10-;/m1.1./s1. The van der Waals surface area contributed by atoms with Gasteiger partial charge in [0.1, 0.15) is 30.5 Å². The first-order chi connectivity index (χ1) is 34.0. The predicted molar refractivity (Wildman–Crippen MR) is 280 cm³/mol. The van der Waals surface area contributed by atoms with Gasteiger partial charge in [0.05, 0.1) is 22.8 Å². The number of esters is 1. The molecule has 0 bridgehead atoms. The lowest BCUT2D eigenvalue weighted by Gasteiger charge is -2.28. The molecule has 7 rings (SSSR count). The number of nitrogens with two attached hydrogens (primary N) is 1. The van der Waals surface area contributed by atoms with Crippen molar-refractivity contribution < 1.29 is 58.9 Å². The van der Waals surface area contributed by atoms with E-state index in [1.165, 1.54) is 26.4 Å². The molecule has 3 amide bonds. The average molecular weight is 1030 g/mol. The number of ether oxygens (including phenoxy) is 3. The highest BCUT2D eigenvalue weighted by atomic mass is 35.5. The van der Waals surface area contributed by atoms with Crippen LogP contribution in [-0.4, -0.2) is 136 Å². The molecule has 3 heterocycles. The van der Waals surface area contributed by atoms with Gasteiger partial charge in [-0.2, -0.15) is 0 Å². The van der Waals surface area contributed by atoms with Crippen LogP contribution >= 0.6 is 12.4 Å². The van der Waals surface area contributed by atoms with Crippen LogP contribution in [0.1, 0.15) is 63.8 Å². The quantitative estimate of drug-likeness (QED) is 0.0717.